The van der Waals surface area contributed by atoms with Gasteiger partial charge in [0.15, 0.2) is 12.6 Å². The number of methoxy groups -OCH3 is 1. The quantitative estimate of drug-likeness (QED) is 0.776. The fraction of sp³-hybridized carbons (Fsp3) is 0.417. The Bertz CT molecular complexity index is 917. The molecule has 8 atom stereocenters. The van der Waals surface area contributed by atoms with Crippen LogP contribution in [-0.4, -0.2) is 60.7 Å². The zero-order chi connectivity index (χ0) is 21.4. The van der Waals surface area contributed by atoms with E-state index in [2.05, 4.69) is 0 Å². The first kappa shape index (κ1) is 20.8. The van der Waals surface area contributed by atoms with Crippen LogP contribution in [0.5, 0.6) is 0 Å². The van der Waals surface area contributed by atoms with Crippen LogP contribution in [0.1, 0.15) is 29.1 Å². The van der Waals surface area contributed by atoms with E-state index in [9.17, 15) is 10.2 Å². The summed E-state index contributed by atoms with van der Waals surface area (Å²) in [6.45, 7) is 0.266. The molecule has 7 nitrogen and oxygen atoms in total. The van der Waals surface area contributed by atoms with Gasteiger partial charge in [-0.05, 0) is 11.1 Å². The van der Waals surface area contributed by atoms with E-state index in [-0.39, 0.29) is 6.61 Å². The average Bonchev–Trinajstić information content (AvgIpc) is 2.82. The minimum absolute atomic E-state index is 0.266. The van der Waals surface area contributed by atoms with Gasteiger partial charge in [0, 0.05) is 12.7 Å². The van der Waals surface area contributed by atoms with E-state index in [1.807, 2.05) is 60.7 Å². The van der Waals surface area contributed by atoms with E-state index in [1.165, 1.54) is 7.11 Å². The van der Waals surface area contributed by atoms with Gasteiger partial charge in [-0.3, -0.25) is 0 Å². The normalized spacial score (nSPS) is 37.1. The average molecular weight is 426 g/mol. The number of ether oxygens (including phenoxy) is 5. The molecule has 0 spiro atoms. The largest absolute Gasteiger partial charge is 0.385 e. The Hall–Kier alpha value is -2.10. The third kappa shape index (κ3) is 3.94. The van der Waals surface area contributed by atoms with Gasteiger partial charge >= 0.3 is 0 Å². The third-order valence-electron chi connectivity index (χ3n) is 6.02. The van der Waals surface area contributed by atoms with Crippen LogP contribution in [0, 0.1) is 0 Å². The van der Waals surface area contributed by atoms with E-state index >= 15 is 0 Å². The lowest BCUT2D eigenvalue weighted by molar-refractivity contribution is -0.366. The van der Waals surface area contributed by atoms with Crippen molar-refractivity contribution in [1.82, 2.24) is 0 Å². The molecular weight excluding hydrogens is 400 g/mol. The molecule has 3 aliphatic rings. The van der Waals surface area contributed by atoms with E-state index < -0.39 is 49.2 Å². The third-order valence-corrected chi connectivity index (χ3v) is 6.02. The molecule has 7 heteroatoms. The SMILES string of the molecule is CO[C@H]1O[C@@H]2COC(c3ccccc3)O[C@H]2[C@H](O[C@@H]2C=Cc3ccccc3[C@H]2O)[C@@H]1O. The molecular formula is C24H26O7. The molecule has 0 amide bonds. The molecule has 2 fully saturated rings. The standard InChI is InChI=1S/C24H26O7/c1-27-24-20(26)22(29-17-12-11-14-7-5-6-10-16(14)19(17)25)21-18(30-24)13-28-23(31-21)15-8-3-2-4-9-15/h2-12,17-26H,13H2,1H3/t17-,18-,19-,20+,21-,22-,23?,24+/m1/s1. The van der Waals surface area contributed by atoms with Crippen molar-refractivity contribution >= 4 is 6.08 Å². The molecule has 0 saturated carbocycles. The molecule has 0 bridgehead atoms. The van der Waals surface area contributed by atoms with Crippen LogP contribution in [0.4, 0.5) is 0 Å². The van der Waals surface area contributed by atoms with Crippen LogP contribution in [-0.2, 0) is 23.7 Å². The Morgan fingerprint density at radius 3 is 2.55 bits per heavy atom. The number of aliphatic hydroxyl groups is 2. The fourth-order valence-corrected chi connectivity index (χ4v) is 4.41. The molecule has 5 rings (SSSR count). The van der Waals surface area contributed by atoms with Crippen LogP contribution in [0.15, 0.2) is 60.7 Å². The van der Waals surface area contributed by atoms with Crippen LogP contribution >= 0.6 is 0 Å². The maximum atomic E-state index is 10.9. The van der Waals surface area contributed by atoms with Crippen molar-refractivity contribution in [2.24, 2.45) is 0 Å². The predicted octanol–water partition coefficient (Wildman–Crippen LogP) is 2.35. The van der Waals surface area contributed by atoms with E-state index in [0.29, 0.717) is 0 Å². The Balaban J connectivity index is 1.39. The number of fused-ring (bicyclic) bond motifs is 2. The van der Waals surface area contributed by atoms with Gasteiger partial charge in [-0.2, -0.15) is 0 Å². The Morgan fingerprint density at radius 2 is 1.74 bits per heavy atom. The summed E-state index contributed by atoms with van der Waals surface area (Å²) in [6.07, 6.45) is -2.23. The summed E-state index contributed by atoms with van der Waals surface area (Å²) in [5.41, 5.74) is 2.60. The molecule has 2 N–H and O–H groups in total. The Labute approximate surface area is 180 Å². The first-order valence-electron chi connectivity index (χ1n) is 10.4. The molecule has 2 aliphatic heterocycles. The summed E-state index contributed by atoms with van der Waals surface area (Å²) in [5, 5.41) is 21.8. The van der Waals surface area contributed by atoms with Crippen LogP contribution in [0.2, 0.25) is 0 Å². The first-order chi connectivity index (χ1) is 15.2. The first-order valence-corrected chi connectivity index (χ1v) is 10.4. The second-order valence-corrected chi connectivity index (χ2v) is 7.94. The molecule has 2 aromatic rings. The lowest BCUT2D eigenvalue weighted by Gasteiger charge is -2.48. The van der Waals surface area contributed by atoms with Gasteiger partial charge in [0.05, 0.1) is 6.61 Å². The van der Waals surface area contributed by atoms with Crippen molar-refractivity contribution in [3.63, 3.8) is 0 Å². The molecule has 31 heavy (non-hydrogen) atoms. The molecule has 1 unspecified atom stereocenters. The highest BCUT2D eigenvalue weighted by molar-refractivity contribution is 5.58. The minimum atomic E-state index is -1.10. The van der Waals surface area contributed by atoms with Crippen molar-refractivity contribution in [1.29, 1.82) is 0 Å². The zero-order valence-corrected chi connectivity index (χ0v) is 17.1. The summed E-state index contributed by atoms with van der Waals surface area (Å²) < 4.78 is 29.5. The van der Waals surface area contributed by atoms with Crippen LogP contribution in [0.3, 0.4) is 0 Å². The van der Waals surface area contributed by atoms with Crippen molar-refractivity contribution in [3.05, 3.63) is 77.4 Å². The summed E-state index contributed by atoms with van der Waals surface area (Å²) >= 11 is 0. The number of benzene rings is 2. The van der Waals surface area contributed by atoms with Crippen molar-refractivity contribution < 1.29 is 33.9 Å². The van der Waals surface area contributed by atoms with Crippen LogP contribution < -0.4 is 0 Å². The highest BCUT2D eigenvalue weighted by atomic mass is 16.8. The Morgan fingerprint density at radius 1 is 0.968 bits per heavy atom. The number of aliphatic hydroxyl groups excluding tert-OH is 2. The van der Waals surface area contributed by atoms with Crippen molar-refractivity contribution in [2.45, 2.75) is 49.2 Å². The number of hydrogen-bond acceptors (Lipinski definition) is 7. The smallest absolute Gasteiger partial charge is 0.186 e. The topological polar surface area (TPSA) is 86.6 Å². The highest BCUT2D eigenvalue weighted by Gasteiger charge is 2.51. The molecule has 0 radical (unpaired) electrons. The van der Waals surface area contributed by atoms with E-state index in [0.717, 1.165) is 16.7 Å². The summed E-state index contributed by atoms with van der Waals surface area (Å²) in [6, 6.07) is 17.2. The highest BCUT2D eigenvalue weighted by Crippen LogP contribution is 2.38. The van der Waals surface area contributed by atoms with Gasteiger partial charge in [0.2, 0.25) is 0 Å². The molecule has 0 aromatic heterocycles. The van der Waals surface area contributed by atoms with Gasteiger partial charge in [-0.1, -0.05) is 66.7 Å². The fourth-order valence-electron chi connectivity index (χ4n) is 4.41. The second kappa shape index (κ2) is 8.80. The Kier molecular flexibility index (Phi) is 5.90. The molecule has 1 aliphatic carbocycles. The van der Waals surface area contributed by atoms with Crippen LogP contribution in [0.25, 0.3) is 6.08 Å². The summed E-state index contributed by atoms with van der Waals surface area (Å²) in [5.74, 6) is 0. The second-order valence-electron chi connectivity index (χ2n) is 7.94. The molecule has 2 aromatic carbocycles. The van der Waals surface area contributed by atoms with E-state index in [4.69, 9.17) is 23.7 Å². The van der Waals surface area contributed by atoms with Gasteiger partial charge < -0.3 is 33.9 Å². The predicted molar refractivity (Wildman–Crippen MR) is 111 cm³/mol. The monoisotopic (exact) mass is 426 g/mol. The molecule has 2 saturated heterocycles. The van der Waals surface area contributed by atoms with Crippen molar-refractivity contribution in [2.75, 3.05) is 13.7 Å². The van der Waals surface area contributed by atoms with Gasteiger partial charge in [0.25, 0.3) is 0 Å². The lowest BCUT2D eigenvalue weighted by atomic mass is 9.92. The van der Waals surface area contributed by atoms with Gasteiger partial charge in [-0.25, -0.2) is 0 Å². The van der Waals surface area contributed by atoms with Crippen molar-refractivity contribution in [3.8, 4) is 0 Å². The maximum Gasteiger partial charge on any atom is 0.186 e. The van der Waals surface area contributed by atoms with E-state index in [1.54, 1.807) is 6.08 Å². The molecule has 2 heterocycles. The van der Waals surface area contributed by atoms with Gasteiger partial charge in [-0.15, -0.1) is 0 Å². The summed E-state index contributed by atoms with van der Waals surface area (Å²) in [7, 11) is 1.47. The maximum absolute atomic E-state index is 10.9. The zero-order valence-electron chi connectivity index (χ0n) is 17.1. The molecule has 164 valence electrons. The summed E-state index contributed by atoms with van der Waals surface area (Å²) in [4.78, 5) is 0. The lowest BCUT2D eigenvalue weighted by Crippen LogP contribution is -2.63. The minimum Gasteiger partial charge on any atom is -0.385 e. The number of hydrogen-bond donors (Lipinski definition) is 2. The van der Waals surface area contributed by atoms with Gasteiger partial charge in [0.1, 0.15) is 36.6 Å². The number of rotatable bonds is 4.